The number of aryl methyl sites for hydroxylation is 1. The largest absolute Gasteiger partial charge is 0.338 e. The Bertz CT molecular complexity index is 1450. The number of hydrogen-bond acceptors (Lipinski definition) is 5. The molecule has 5 aromatic rings. The summed E-state index contributed by atoms with van der Waals surface area (Å²) < 4.78 is 29.8. The highest BCUT2D eigenvalue weighted by atomic mass is 32.2. The van der Waals surface area contributed by atoms with E-state index in [1.165, 1.54) is 11.3 Å². The first-order valence-corrected chi connectivity index (χ1v) is 11.2. The minimum Gasteiger partial charge on any atom is -0.338 e. The van der Waals surface area contributed by atoms with E-state index in [4.69, 9.17) is 0 Å². The maximum atomic E-state index is 12.9. The average Bonchev–Trinajstić information content (AvgIpc) is 3.33. The van der Waals surface area contributed by atoms with E-state index >= 15 is 0 Å². The van der Waals surface area contributed by atoms with Crippen LogP contribution in [0, 0.1) is 6.92 Å². The molecule has 0 spiro atoms. The average molecular weight is 421 g/mol. The minimum absolute atomic E-state index is 0.295. The van der Waals surface area contributed by atoms with Crippen LogP contribution in [0.5, 0.6) is 0 Å². The number of anilines is 1. The fraction of sp³-hybridized carbons (Fsp3) is 0.0476. The second kappa shape index (κ2) is 6.68. The maximum absolute atomic E-state index is 12.9. The molecule has 2 aromatic carbocycles. The first-order chi connectivity index (χ1) is 14.0. The Labute approximate surface area is 171 Å². The zero-order valence-electron chi connectivity index (χ0n) is 15.4. The van der Waals surface area contributed by atoms with Crippen LogP contribution in [0.2, 0.25) is 0 Å². The van der Waals surface area contributed by atoms with E-state index in [9.17, 15) is 8.42 Å². The molecule has 0 unspecified atom stereocenters. The van der Waals surface area contributed by atoms with E-state index in [-0.39, 0.29) is 0 Å². The molecule has 29 heavy (non-hydrogen) atoms. The quantitative estimate of drug-likeness (QED) is 0.431. The second-order valence-corrected chi connectivity index (χ2v) is 9.68. The number of H-pyrrole nitrogens is 1. The summed E-state index contributed by atoms with van der Waals surface area (Å²) in [6, 6.07) is 16.6. The third kappa shape index (κ3) is 3.26. The standard InChI is InChI=1S/C21H16N4O2S2/c1-13-3-2-4-15-11-19(28-20(13)15)29(26,27)25-16-5-6-17-18(12-16)24-21(23-17)14-7-9-22-10-8-14/h2-12,25H,1H3,(H,23,24). The van der Waals surface area contributed by atoms with Crippen LogP contribution in [-0.4, -0.2) is 23.4 Å². The monoisotopic (exact) mass is 420 g/mol. The van der Waals surface area contributed by atoms with Gasteiger partial charge in [-0.05, 0) is 54.3 Å². The van der Waals surface area contributed by atoms with Gasteiger partial charge in [0, 0.05) is 22.7 Å². The summed E-state index contributed by atoms with van der Waals surface area (Å²) in [5, 5.41) is 0.932. The first-order valence-electron chi connectivity index (χ1n) is 8.92. The third-order valence-corrected chi connectivity index (χ3v) is 7.81. The number of thiophene rings is 1. The van der Waals surface area contributed by atoms with Crippen molar-refractivity contribution in [3.8, 4) is 11.4 Å². The van der Waals surface area contributed by atoms with Gasteiger partial charge in [0.1, 0.15) is 10.0 Å². The lowest BCUT2D eigenvalue weighted by Crippen LogP contribution is -2.11. The molecule has 0 aliphatic heterocycles. The summed E-state index contributed by atoms with van der Waals surface area (Å²) in [6.45, 7) is 1.98. The summed E-state index contributed by atoms with van der Waals surface area (Å²) in [7, 11) is -3.68. The van der Waals surface area contributed by atoms with Crippen molar-refractivity contribution in [1.29, 1.82) is 0 Å². The van der Waals surface area contributed by atoms with Gasteiger partial charge in [0.15, 0.2) is 0 Å². The highest BCUT2D eigenvalue weighted by molar-refractivity contribution is 7.94. The lowest BCUT2D eigenvalue weighted by atomic mass is 10.2. The molecule has 3 aromatic heterocycles. The van der Waals surface area contributed by atoms with Gasteiger partial charge in [-0.3, -0.25) is 9.71 Å². The number of rotatable bonds is 4. The highest BCUT2D eigenvalue weighted by Gasteiger charge is 2.19. The zero-order chi connectivity index (χ0) is 20.0. The van der Waals surface area contributed by atoms with E-state index in [2.05, 4.69) is 19.7 Å². The molecule has 8 heteroatoms. The topological polar surface area (TPSA) is 87.7 Å². The predicted molar refractivity (Wildman–Crippen MR) is 117 cm³/mol. The van der Waals surface area contributed by atoms with E-state index < -0.39 is 10.0 Å². The number of hydrogen-bond donors (Lipinski definition) is 2. The SMILES string of the molecule is Cc1cccc2cc(S(=O)(=O)Nc3ccc4nc(-c5ccncc5)[nH]c4c3)sc12. The lowest BCUT2D eigenvalue weighted by Gasteiger charge is -2.05. The molecular weight excluding hydrogens is 404 g/mol. The summed E-state index contributed by atoms with van der Waals surface area (Å²) in [5.74, 6) is 0.711. The van der Waals surface area contributed by atoms with Gasteiger partial charge in [0.2, 0.25) is 0 Å². The van der Waals surface area contributed by atoms with Crippen molar-refractivity contribution in [3.05, 3.63) is 72.6 Å². The maximum Gasteiger partial charge on any atom is 0.271 e. The highest BCUT2D eigenvalue weighted by Crippen LogP contribution is 2.32. The molecule has 0 radical (unpaired) electrons. The van der Waals surface area contributed by atoms with Gasteiger partial charge in [-0.25, -0.2) is 13.4 Å². The van der Waals surface area contributed by atoms with E-state index in [1.54, 1.807) is 36.7 Å². The van der Waals surface area contributed by atoms with Crippen LogP contribution in [0.25, 0.3) is 32.5 Å². The predicted octanol–water partition coefficient (Wildman–Crippen LogP) is 4.95. The van der Waals surface area contributed by atoms with Crippen molar-refractivity contribution in [2.45, 2.75) is 11.1 Å². The Hall–Kier alpha value is -3.23. The summed E-state index contributed by atoms with van der Waals surface area (Å²) >= 11 is 1.28. The first kappa shape index (κ1) is 17.8. The number of benzene rings is 2. The van der Waals surface area contributed by atoms with E-state index in [1.807, 2.05) is 37.3 Å². The smallest absolute Gasteiger partial charge is 0.271 e. The fourth-order valence-corrected chi connectivity index (χ4v) is 5.74. The molecule has 6 nitrogen and oxygen atoms in total. The molecule has 0 aliphatic carbocycles. The number of pyridine rings is 1. The molecule has 0 saturated heterocycles. The fourth-order valence-electron chi connectivity index (χ4n) is 3.24. The van der Waals surface area contributed by atoms with Gasteiger partial charge in [-0.15, -0.1) is 11.3 Å². The second-order valence-electron chi connectivity index (χ2n) is 6.72. The molecule has 144 valence electrons. The van der Waals surface area contributed by atoms with Gasteiger partial charge in [0.05, 0.1) is 16.7 Å². The molecule has 0 bridgehead atoms. The van der Waals surface area contributed by atoms with Gasteiger partial charge in [-0.1, -0.05) is 18.2 Å². The van der Waals surface area contributed by atoms with Crippen molar-refractivity contribution in [1.82, 2.24) is 15.0 Å². The van der Waals surface area contributed by atoms with Crippen LogP contribution in [0.15, 0.2) is 71.2 Å². The molecule has 0 aliphatic rings. The summed E-state index contributed by atoms with van der Waals surface area (Å²) in [6.07, 6.45) is 3.41. The zero-order valence-corrected chi connectivity index (χ0v) is 17.0. The number of aromatic amines is 1. The lowest BCUT2D eigenvalue weighted by molar-refractivity contribution is 0.603. The number of sulfonamides is 1. The molecule has 0 atom stereocenters. The van der Waals surface area contributed by atoms with Crippen molar-refractivity contribution < 1.29 is 8.42 Å². The molecule has 2 N–H and O–H groups in total. The van der Waals surface area contributed by atoms with Crippen LogP contribution in [0.3, 0.4) is 0 Å². The summed E-state index contributed by atoms with van der Waals surface area (Å²) in [4.78, 5) is 11.8. The summed E-state index contributed by atoms with van der Waals surface area (Å²) in [5.41, 5.74) is 3.98. The normalized spacial score (nSPS) is 11.9. The van der Waals surface area contributed by atoms with Gasteiger partial charge in [0.25, 0.3) is 10.0 Å². The Kier molecular flexibility index (Phi) is 4.11. The number of nitrogens with one attached hydrogen (secondary N) is 2. The van der Waals surface area contributed by atoms with Gasteiger partial charge >= 0.3 is 0 Å². The number of imidazole rings is 1. The number of nitrogens with zero attached hydrogens (tertiary/aromatic N) is 2. The molecular formula is C21H16N4O2S2. The van der Waals surface area contributed by atoms with Crippen LogP contribution >= 0.6 is 11.3 Å². The third-order valence-electron chi connectivity index (χ3n) is 4.67. The van der Waals surface area contributed by atoms with Crippen molar-refractivity contribution >= 4 is 48.2 Å². The Morgan fingerprint density at radius 3 is 2.66 bits per heavy atom. The van der Waals surface area contributed by atoms with Gasteiger partial charge in [-0.2, -0.15) is 0 Å². The Morgan fingerprint density at radius 1 is 1.03 bits per heavy atom. The van der Waals surface area contributed by atoms with Crippen LogP contribution < -0.4 is 4.72 Å². The number of fused-ring (bicyclic) bond motifs is 2. The van der Waals surface area contributed by atoms with Crippen LogP contribution in [0.1, 0.15) is 5.56 Å². The van der Waals surface area contributed by atoms with Crippen LogP contribution in [0.4, 0.5) is 5.69 Å². The Morgan fingerprint density at radius 2 is 1.86 bits per heavy atom. The van der Waals surface area contributed by atoms with Crippen LogP contribution in [-0.2, 0) is 10.0 Å². The Balaban J connectivity index is 1.49. The van der Waals surface area contributed by atoms with E-state index in [0.29, 0.717) is 15.7 Å². The van der Waals surface area contributed by atoms with Crippen molar-refractivity contribution in [2.24, 2.45) is 0 Å². The van der Waals surface area contributed by atoms with Crippen molar-refractivity contribution in [3.63, 3.8) is 0 Å². The minimum atomic E-state index is -3.68. The molecule has 5 rings (SSSR count). The van der Waals surface area contributed by atoms with Gasteiger partial charge < -0.3 is 4.98 Å². The van der Waals surface area contributed by atoms with Crippen molar-refractivity contribution in [2.75, 3.05) is 4.72 Å². The van der Waals surface area contributed by atoms with E-state index in [0.717, 1.165) is 32.2 Å². The molecule has 3 heterocycles. The molecule has 0 saturated carbocycles. The molecule has 0 amide bonds. The number of aromatic nitrogens is 3. The molecule has 0 fully saturated rings.